The number of hydrogen-bond donors (Lipinski definition) is 2. The SMILES string of the molecule is CC[Si](CC)(O[C@H]1C[C@H](n2cc(C)c(=O)[nH]c2=O)O[C@@H]1CO)C(C)(C)C. The first kappa shape index (κ1) is 21.1. The van der Waals surface area contributed by atoms with E-state index >= 15 is 0 Å². The van der Waals surface area contributed by atoms with Crippen molar-refractivity contribution in [3.8, 4) is 0 Å². The largest absolute Gasteiger partial charge is 0.410 e. The van der Waals surface area contributed by atoms with Gasteiger partial charge in [0.25, 0.3) is 5.56 Å². The molecule has 8 heteroatoms. The fraction of sp³-hybridized carbons (Fsp3) is 0.778. The molecule has 1 aromatic heterocycles. The molecule has 148 valence electrons. The van der Waals surface area contributed by atoms with Crippen molar-refractivity contribution in [2.75, 3.05) is 6.61 Å². The van der Waals surface area contributed by atoms with E-state index in [0.29, 0.717) is 12.0 Å². The molecule has 0 saturated carbocycles. The van der Waals surface area contributed by atoms with E-state index in [9.17, 15) is 14.7 Å². The lowest BCUT2D eigenvalue weighted by molar-refractivity contribution is -0.0442. The average molecular weight is 385 g/mol. The highest BCUT2D eigenvalue weighted by Gasteiger charge is 2.48. The van der Waals surface area contributed by atoms with E-state index in [4.69, 9.17) is 9.16 Å². The highest BCUT2D eigenvalue weighted by molar-refractivity contribution is 6.76. The lowest BCUT2D eigenvalue weighted by Crippen LogP contribution is -2.50. The second-order valence-corrected chi connectivity index (χ2v) is 13.3. The summed E-state index contributed by atoms with van der Waals surface area (Å²) in [6, 6.07) is 1.95. The lowest BCUT2D eigenvalue weighted by Gasteiger charge is -2.43. The molecule has 1 aliphatic rings. The third kappa shape index (κ3) is 3.88. The number of rotatable bonds is 6. The van der Waals surface area contributed by atoms with E-state index in [-0.39, 0.29) is 17.7 Å². The maximum atomic E-state index is 12.2. The van der Waals surface area contributed by atoms with Crippen molar-refractivity contribution in [1.29, 1.82) is 0 Å². The van der Waals surface area contributed by atoms with Crippen LogP contribution in [-0.2, 0) is 9.16 Å². The van der Waals surface area contributed by atoms with Crippen LogP contribution in [-0.4, -0.2) is 41.8 Å². The summed E-state index contributed by atoms with van der Waals surface area (Å²) in [5.41, 5.74) is -0.459. The van der Waals surface area contributed by atoms with Gasteiger partial charge in [-0.2, -0.15) is 0 Å². The van der Waals surface area contributed by atoms with Crippen LogP contribution < -0.4 is 11.2 Å². The Bertz CT molecular complexity index is 732. The van der Waals surface area contributed by atoms with Crippen molar-refractivity contribution in [2.45, 2.75) is 83.5 Å². The van der Waals surface area contributed by atoms with E-state index in [1.807, 2.05) is 0 Å². The first-order valence-corrected chi connectivity index (χ1v) is 11.7. The molecule has 0 aliphatic carbocycles. The van der Waals surface area contributed by atoms with Gasteiger partial charge in [-0.05, 0) is 24.1 Å². The number of aliphatic hydroxyl groups excluding tert-OH is 1. The number of aryl methyl sites for hydroxylation is 1. The lowest BCUT2D eigenvalue weighted by atomic mass is 10.2. The zero-order valence-corrected chi connectivity index (χ0v) is 17.7. The summed E-state index contributed by atoms with van der Waals surface area (Å²) in [5.74, 6) is 0. The molecule has 0 amide bonds. The molecule has 1 fully saturated rings. The van der Waals surface area contributed by atoms with E-state index < -0.39 is 31.9 Å². The van der Waals surface area contributed by atoms with Crippen molar-refractivity contribution in [2.24, 2.45) is 0 Å². The van der Waals surface area contributed by atoms with Crippen LogP contribution >= 0.6 is 0 Å². The van der Waals surface area contributed by atoms with Crippen LogP contribution in [0.15, 0.2) is 15.8 Å². The van der Waals surface area contributed by atoms with Crippen LogP contribution in [0.3, 0.4) is 0 Å². The molecule has 0 radical (unpaired) electrons. The Morgan fingerprint density at radius 1 is 1.35 bits per heavy atom. The van der Waals surface area contributed by atoms with Crippen LogP contribution in [0.5, 0.6) is 0 Å². The number of ether oxygens (including phenoxy) is 1. The Kier molecular flexibility index (Phi) is 6.32. The Balaban J connectivity index is 2.31. The molecule has 0 aromatic carbocycles. The minimum Gasteiger partial charge on any atom is -0.410 e. The van der Waals surface area contributed by atoms with Crippen LogP contribution in [0.25, 0.3) is 0 Å². The summed E-state index contributed by atoms with van der Waals surface area (Å²) in [5, 5.41) is 9.83. The normalized spacial score (nSPS) is 24.2. The smallest absolute Gasteiger partial charge is 0.330 e. The third-order valence-electron chi connectivity index (χ3n) is 5.70. The maximum absolute atomic E-state index is 12.2. The summed E-state index contributed by atoms with van der Waals surface area (Å²) in [4.78, 5) is 26.1. The molecular weight excluding hydrogens is 352 g/mol. The highest BCUT2D eigenvalue weighted by Crippen LogP contribution is 2.45. The summed E-state index contributed by atoms with van der Waals surface area (Å²) in [6.07, 6.45) is 0.681. The number of hydrogen-bond acceptors (Lipinski definition) is 5. The summed E-state index contributed by atoms with van der Waals surface area (Å²) in [6.45, 7) is 12.4. The Morgan fingerprint density at radius 2 is 1.96 bits per heavy atom. The van der Waals surface area contributed by atoms with Gasteiger partial charge in [0.15, 0.2) is 8.32 Å². The van der Waals surface area contributed by atoms with Crippen molar-refractivity contribution in [3.05, 3.63) is 32.6 Å². The summed E-state index contributed by atoms with van der Waals surface area (Å²) >= 11 is 0. The van der Waals surface area contributed by atoms with Gasteiger partial charge in [-0.1, -0.05) is 34.6 Å². The van der Waals surface area contributed by atoms with E-state index in [2.05, 4.69) is 39.6 Å². The number of nitrogens with zero attached hydrogens (tertiary/aromatic N) is 1. The fourth-order valence-corrected chi connectivity index (χ4v) is 8.04. The number of aliphatic hydroxyl groups is 1. The van der Waals surface area contributed by atoms with Gasteiger partial charge in [0.05, 0.1) is 12.7 Å². The molecule has 2 rings (SSSR count). The first-order chi connectivity index (χ1) is 12.1. The molecule has 1 saturated heterocycles. The predicted molar refractivity (Wildman–Crippen MR) is 103 cm³/mol. The van der Waals surface area contributed by atoms with Crippen molar-refractivity contribution in [1.82, 2.24) is 9.55 Å². The molecule has 3 atom stereocenters. The van der Waals surface area contributed by atoms with E-state index in [1.54, 1.807) is 6.92 Å². The summed E-state index contributed by atoms with van der Waals surface area (Å²) in [7, 11) is -2.07. The van der Waals surface area contributed by atoms with Gasteiger partial charge in [0.1, 0.15) is 12.3 Å². The molecule has 1 aromatic rings. The molecule has 0 bridgehead atoms. The van der Waals surface area contributed by atoms with Gasteiger partial charge in [-0.25, -0.2) is 4.79 Å². The zero-order valence-electron chi connectivity index (χ0n) is 16.7. The average Bonchev–Trinajstić information content (AvgIpc) is 2.97. The molecule has 0 spiro atoms. The quantitative estimate of drug-likeness (QED) is 0.734. The molecule has 2 heterocycles. The zero-order chi connectivity index (χ0) is 19.7. The summed E-state index contributed by atoms with van der Waals surface area (Å²) < 4.78 is 14.0. The molecular formula is C18H32N2O5Si. The van der Waals surface area contributed by atoms with Gasteiger partial charge in [0.2, 0.25) is 0 Å². The fourth-order valence-electron chi connectivity index (χ4n) is 3.90. The van der Waals surface area contributed by atoms with Crippen molar-refractivity contribution >= 4 is 8.32 Å². The molecule has 0 unspecified atom stereocenters. The second kappa shape index (κ2) is 7.80. The third-order valence-corrected chi connectivity index (χ3v) is 11.5. The first-order valence-electron chi connectivity index (χ1n) is 9.34. The Morgan fingerprint density at radius 3 is 2.46 bits per heavy atom. The molecule has 1 aliphatic heterocycles. The van der Waals surface area contributed by atoms with Gasteiger partial charge < -0.3 is 14.3 Å². The predicted octanol–water partition coefficient (Wildman–Crippen LogP) is 2.30. The maximum Gasteiger partial charge on any atom is 0.330 e. The van der Waals surface area contributed by atoms with Gasteiger partial charge >= 0.3 is 5.69 Å². The Labute approximate surface area is 155 Å². The minimum atomic E-state index is -2.07. The van der Waals surface area contributed by atoms with E-state index in [0.717, 1.165) is 12.1 Å². The number of nitrogens with one attached hydrogen (secondary N) is 1. The topological polar surface area (TPSA) is 93.6 Å². The molecule has 7 nitrogen and oxygen atoms in total. The Hall–Kier alpha value is -1.22. The number of aromatic nitrogens is 2. The standard InChI is InChI=1S/C18H32N2O5Si/c1-7-26(8-2,18(4,5)6)25-13-9-15(24-14(13)11-21)20-10-12(3)16(22)19-17(20)23/h10,13-15,21H,7-9,11H2,1-6H3,(H,19,22,23)/t13-,14+,15+/m0/s1. The number of H-pyrrole nitrogens is 1. The van der Waals surface area contributed by atoms with Gasteiger partial charge in [0, 0.05) is 18.2 Å². The van der Waals surface area contributed by atoms with Crippen LogP contribution in [0.2, 0.25) is 17.1 Å². The van der Waals surface area contributed by atoms with Crippen LogP contribution in [0.1, 0.15) is 52.8 Å². The van der Waals surface area contributed by atoms with Gasteiger partial charge in [-0.3, -0.25) is 14.3 Å². The molecule has 2 N–H and O–H groups in total. The monoisotopic (exact) mass is 384 g/mol. The molecule has 26 heavy (non-hydrogen) atoms. The van der Waals surface area contributed by atoms with Crippen LogP contribution in [0, 0.1) is 6.92 Å². The van der Waals surface area contributed by atoms with E-state index in [1.165, 1.54) is 10.8 Å². The minimum absolute atomic E-state index is 0.0556. The van der Waals surface area contributed by atoms with Crippen molar-refractivity contribution in [3.63, 3.8) is 0 Å². The number of aromatic amines is 1. The van der Waals surface area contributed by atoms with Crippen molar-refractivity contribution < 1.29 is 14.3 Å². The second-order valence-electron chi connectivity index (χ2n) is 8.13. The van der Waals surface area contributed by atoms with Crippen LogP contribution in [0.4, 0.5) is 0 Å². The van der Waals surface area contributed by atoms with Gasteiger partial charge in [-0.15, -0.1) is 0 Å². The highest BCUT2D eigenvalue weighted by atomic mass is 28.4.